The number of halogens is 1. The van der Waals surface area contributed by atoms with Crippen LogP contribution in [-0.2, 0) is 10.1 Å². The Hall–Kier alpha value is -2.56. The van der Waals surface area contributed by atoms with Crippen LogP contribution < -0.4 is 0 Å². The summed E-state index contributed by atoms with van der Waals surface area (Å²) in [5.74, 6) is -3.34. The summed E-state index contributed by atoms with van der Waals surface area (Å²) in [6, 6.07) is 4.31. The number of hydrogen-bond acceptors (Lipinski definition) is 8. The van der Waals surface area contributed by atoms with Gasteiger partial charge in [0.15, 0.2) is 17.2 Å². The molecule has 23 heavy (non-hydrogen) atoms. The molecule has 0 atom stereocenters. The van der Waals surface area contributed by atoms with Gasteiger partial charge in [0.05, 0.1) is 5.02 Å². The van der Waals surface area contributed by atoms with E-state index >= 15 is 0 Å². The first kappa shape index (κ1) is 16.8. The van der Waals surface area contributed by atoms with Gasteiger partial charge in [0.2, 0.25) is 5.75 Å². The fraction of sp³-hybridized carbons (Fsp3) is 0. The average Bonchev–Trinajstić information content (AvgIpc) is 2.47. The minimum Gasteiger partial charge on any atom is -0.504 e. The Morgan fingerprint density at radius 2 is 1.48 bits per heavy atom. The van der Waals surface area contributed by atoms with E-state index < -0.39 is 38.0 Å². The zero-order valence-corrected chi connectivity index (χ0v) is 12.6. The SMILES string of the molecule is O=S(=O)(O)c1cccc(N=Nc2cc(Cl)c(O)c(O)c2O)c1O. The second kappa shape index (κ2) is 5.91. The zero-order valence-electron chi connectivity index (χ0n) is 11.0. The summed E-state index contributed by atoms with van der Waals surface area (Å²) < 4.78 is 31.1. The molecule has 0 spiro atoms. The Morgan fingerprint density at radius 3 is 2.09 bits per heavy atom. The summed E-state index contributed by atoms with van der Waals surface area (Å²) in [5, 5.41) is 44.8. The third kappa shape index (κ3) is 3.28. The van der Waals surface area contributed by atoms with Crippen LogP contribution in [0.5, 0.6) is 23.0 Å². The molecule has 0 aliphatic rings. The van der Waals surface area contributed by atoms with E-state index in [2.05, 4.69) is 10.2 Å². The van der Waals surface area contributed by atoms with Crippen molar-refractivity contribution in [2.75, 3.05) is 0 Å². The molecule has 0 aromatic heterocycles. The quantitative estimate of drug-likeness (QED) is 0.319. The van der Waals surface area contributed by atoms with Crippen molar-refractivity contribution in [1.82, 2.24) is 0 Å². The maximum atomic E-state index is 11.1. The highest BCUT2D eigenvalue weighted by molar-refractivity contribution is 7.86. The molecule has 0 radical (unpaired) electrons. The summed E-state index contributed by atoms with van der Waals surface area (Å²) in [4.78, 5) is -0.773. The van der Waals surface area contributed by atoms with Gasteiger partial charge in [0.1, 0.15) is 16.3 Å². The molecule has 11 heteroatoms. The minimum absolute atomic E-state index is 0.315. The van der Waals surface area contributed by atoms with Gasteiger partial charge in [-0.05, 0) is 18.2 Å². The molecule has 2 aromatic rings. The average molecular weight is 361 g/mol. The third-order valence-electron chi connectivity index (χ3n) is 2.70. The maximum absolute atomic E-state index is 11.1. The van der Waals surface area contributed by atoms with Crippen molar-refractivity contribution in [3.63, 3.8) is 0 Å². The van der Waals surface area contributed by atoms with Crippen molar-refractivity contribution in [2.45, 2.75) is 4.90 Å². The second-order valence-electron chi connectivity index (χ2n) is 4.22. The molecule has 0 fully saturated rings. The molecule has 0 saturated carbocycles. The van der Waals surface area contributed by atoms with E-state index in [1.165, 1.54) is 12.1 Å². The molecule has 2 rings (SSSR count). The molecule has 122 valence electrons. The van der Waals surface area contributed by atoms with Crippen molar-refractivity contribution in [2.24, 2.45) is 10.2 Å². The van der Waals surface area contributed by atoms with Crippen LogP contribution in [0.25, 0.3) is 0 Å². The van der Waals surface area contributed by atoms with Crippen LogP contribution in [-0.4, -0.2) is 33.4 Å². The van der Waals surface area contributed by atoms with E-state index in [0.717, 1.165) is 12.1 Å². The first-order valence-electron chi connectivity index (χ1n) is 5.77. The molecule has 0 heterocycles. The highest BCUT2D eigenvalue weighted by Crippen LogP contribution is 2.47. The lowest BCUT2D eigenvalue weighted by Crippen LogP contribution is -1.97. The van der Waals surface area contributed by atoms with E-state index in [1.54, 1.807) is 0 Å². The summed E-state index contributed by atoms with van der Waals surface area (Å²) >= 11 is 5.60. The van der Waals surface area contributed by atoms with Crippen molar-refractivity contribution in [3.05, 3.63) is 29.3 Å². The van der Waals surface area contributed by atoms with Gasteiger partial charge >= 0.3 is 0 Å². The van der Waals surface area contributed by atoms with E-state index in [-0.39, 0.29) is 16.4 Å². The zero-order chi connectivity index (χ0) is 17.4. The lowest BCUT2D eigenvalue weighted by molar-refractivity contribution is 0.369. The van der Waals surface area contributed by atoms with Crippen LogP contribution >= 0.6 is 11.6 Å². The van der Waals surface area contributed by atoms with Gasteiger partial charge < -0.3 is 20.4 Å². The van der Waals surface area contributed by atoms with Crippen LogP contribution in [0.15, 0.2) is 39.4 Å². The molecule has 0 bridgehead atoms. The summed E-state index contributed by atoms with van der Waals surface area (Å²) in [5.41, 5.74) is -0.676. The molecular formula is C12H9ClN2O7S. The Morgan fingerprint density at radius 1 is 0.870 bits per heavy atom. The molecule has 2 aromatic carbocycles. The first-order valence-corrected chi connectivity index (χ1v) is 7.59. The van der Waals surface area contributed by atoms with Crippen LogP contribution in [0.4, 0.5) is 11.4 Å². The van der Waals surface area contributed by atoms with Crippen LogP contribution in [0.3, 0.4) is 0 Å². The Labute approximate surface area is 134 Å². The number of benzene rings is 2. The molecule has 0 unspecified atom stereocenters. The lowest BCUT2D eigenvalue weighted by atomic mass is 10.2. The van der Waals surface area contributed by atoms with Gasteiger partial charge in [-0.25, -0.2) is 0 Å². The molecule has 5 N–H and O–H groups in total. The van der Waals surface area contributed by atoms with Crippen LogP contribution in [0, 0.1) is 0 Å². The number of rotatable bonds is 3. The van der Waals surface area contributed by atoms with Crippen molar-refractivity contribution in [1.29, 1.82) is 0 Å². The van der Waals surface area contributed by atoms with Gasteiger partial charge in [0.25, 0.3) is 10.1 Å². The number of phenolic OH excluding ortho intramolecular Hbond substituents is 4. The topological polar surface area (TPSA) is 160 Å². The molecule has 0 amide bonds. The van der Waals surface area contributed by atoms with E-state index in [4.69, 9.17) is 16.2 Å². The summed E-state index contributed by atoms with van der Waals surface area (Å²) in [6.45, 7) is 0. The number of hydrogen-bond donors (Lipinski definition) is 5. The number of azo groups is 1. The molecular weight excluding hydrogens is 352 g/mol. The third-order valence-corrected chi connectivity index (χ3v) is 3.88. The lowest BCUT2D eigenvalue weighted by Gasteiger charge is -2.05. The molecule has 0 aliphatic heterocycles. The summed E-state index contributed by atoms with van der Waals surface area (Å²) in [6.07, 6.45) is 0. The minimum atomic E-state index is -4.66. The van der Waals surface area contributed by atoms with E-state index in [0.29, 0.717) is 0 Å². The largest absolute Gasteiger partial charge is 0.504 e. The fourth-order valence-electron chi connectivity index (χ4n) is 1.59. The Bertz CT molecular complexity index is 912. The number of para-hydroxylation sites is 1. The van der Waals surface area contributed by atoms with Crippen LogP contribution in [0.1, 0.15) is 0 Å². The van der Waals surface area contributed by atoms with Crippen molar-refractivity contribution < 1.29 is 33.4 Å². The second-order valence-corrected chi connectivity index (χ2v) is 6.02. The number of aromatic hydroxyl groups is 4. The van der Waals surface area contributed by atoms with Crippen molar-refractivity contribution >= 4 is 33.1 Å². The van der Waals surface area contributed by atoms with E-state index in [1.807, 2.05) is 0 Å². The highest BCUT2D eigenvalue weighted by atomic mass is 35.5. The Kier molecular flexibility index (Phi) is 4.32. The highest BCUT2D eigenvalue weighted by Gasteiger charge is 2.19. The van der Waals surface area contributed by atoms with Gasteiger partial charge in [0, 0.05) is 0 Å². The normalized spacial score (nSPS) is 11.9. The predicted molar refractivity (Wildman–Crippen MR) is 78.5 cm³/mol. The van der Waals surface area contributed by atoms with Gasteiger partial charge in [-0.15, -0.1) is 10.2 Å². The molecule has 0 aliphatic carbocycles. The maximum Gasteiger partial charge on any atom is 0.298 e. The standard InChI is InChI=1S/C12H9ClN2O7S/c13-5-4-7(11(18)12(19)9(5)16)15-14-6-2-1-3-8(10(6)17)23(20,21)22/h1-4,16-19H,(H,20,21,22). The predicted octanol–water partition coefficient (Wildman–Crippen LogP) is 2.82. The van der Waals surface area contributed by atoms with Gasteiger partial charge in [-0.1, -0.05) is 17.7 Å². The monoisotopic (exact) mass is 360 g/mol. The number of phenols is 4. The van der Waals surface area contributed by atoms with Gasteiger partial charge in [-0.2, -0.15) is 8.42 Å². The summed E-state index contributed by atoms with van der Waals surface area (Å²) in [7, 11) is -4.66. The molecule has 0 saturated heterocycles. The van der Waals surface area contributed by atoms with Crippen LogP contribution in [0.2, 0.25) is 5.02 Å². The Balaban J connectivity index is 2.51. The smallest absolute Gasteiger partial charge is 0.298 e. The molecule has 9 nitrogen and oxygen atoms in total. The van der Waals surface area contributed by atoms with E-state index in [9.17, 15) is 28.8 Å². The fourth-order valence-corrected chi connectivity index (χ4v) is 2.38. The van der Waals surface area contributed by atoms with Gasteiger partial charge in [-0.3, -0.25) is 4.55 Å². The first-order chi connectivity index (χ1) is 10.6. The number of nitrogens with zero attached hydrogens (tertiary/aromatic N) is 2. The van der Waals surface area contributed by atoms with Crippen molar-refractivity contribution in [3.8, 4) is 23.0 Å².